The second kappa shape index (κ2) is 10.4. The molecule has 2 aromatic carbocycles. The molecule has 1 heterocycles. The molecule has 35 heavy (non-hydrogen) atoms. The summed E-state index contributed by atoms with van der Waals surface area (Å²) in [6.07, 6.45) is 0.769. The molecule has 0 fully saturated rings. The summed E-state index contributed by atoms with van der Waals surface area (Å²) in [5.74, 6) is -1.72. The van der Waals surface area contributed by atoms with Crippen LogP contribution < -0.4 is 10.6 Å². The van der Waals surface area contributed by atoms with Gasteiger partial charge in [0, 0.05) is 5.92 Å². The molecule has 0 radical (unpaired) electrons. The number of fused-ring (bicyclic) bond motifs is 3. The molecular formula is C25H27N5O5. The van der Waals surface area contributed by atoms with Gasteiger partial charge in [-0.1, -0.05) is 67.6 Å². The van der Waals surface area contributed by atoms with Gasteiger partial charge in [-0.05, 0) is 28.2 Å². The van der Waals surface area contributed by atoms with Crippen molar-refractivity contribution in [1.29, 1.82) is 0 Å². The van der Waals surface area contributed by atoms with Gasteiger partial charge in [-0.25, -0.2) is 9.48 Å². The van der Waals surface area contributed by atoms with E-state index in [1.807, 2.05) is 50.2 Å². The molecule has 4 rings (SSSR count). The van der Waals surface area contributed by atoms with Crippen molar-refractivity contribution in [3.8, 4) is 11.1 Å². The Hall–Kier alpha value is -4.21. The first-order chi connectivity index (χ1) is 16.8. The number of amides is 2. The molecular weight excluding hydrogens is 450 g/mol. The number of carboxylic acids is 1. The summed E-state index contributed by atoms with van der Waals surface area (Å²) in [6, 6.07) is 15.3. The van der Waals surface area contributed by atoms with Crippen LogP contribution in [0.1, 0.15) is 36.6 Å². The third-order valence-electron chi connectivity index (χ3n) is 5.89. The highest BCUT2D eigenvalue weighted by molar-refractivity contribution is 5.86. The van der Waals surface area contributed by atoms with Gasteiger partial charge in [0.2, 0.25) is 5.91 Å². The number of nitrogens with zero attached hydrogens (tertiary/aromatic N) is 3. The molecule has 0 bridgehead atoms. The summed E-state index contributed by atoms with van der Waals surface area (Å²) in [6.45, 7) is 3.51. The van der Waals surface area contributed by atoms with E-state index in [1.54, 1.807) is 0 Å². The van der Waals surface area contributed by atoms with E-state index in [1.165, 1.54) is 10.9 Å². The molecule has 1 atom stereocenters. The highest BCUT2D eigenvalue weighted by Gasteiger charge is 2.30. The number of aromatic nitrogens is 3. The van der Waals surface area contributed by atoms with Crippen LogP contribution in [-0.2, 0) is 27.4 Å². The Bertz CT molecular complexity index is 1190. The molecule has 10 heteroatoms. The molecule has 1 aliphatic rings. The summed E-state index contributed by atoms with van der Waals surface area (Å²) in [7, 11) is 0. The first kappa shape index (κ1) is 23.9. The molecule has 1 aliphatic carbocycles. The van der Waals surface area contributed by atoms with Crippen molar-refractivity contribution in [2.75, 3.05) is 6.61 Å². The number of carbonyl (C=O) groups is 3. The minimum absolute atomic E-state index is 0.0496. The Kier molecular flexibility index (Phi) is 7.09. The fraction of sp³-hybridized carbons (Fsp3) is 0.320. The van der Waals surface area contributed by atoms with Crippen molar-refractivity contribution in [3.63, 3.8) is 0 Å². The highest BCUT2D eigenvalue weighted by Crippen LogP contribution is 2.44. The van der Waals surface area contributed by atoms with Crippen LogP contribution in [0.5, 0.6) is 0 Å². The lowest BCUT2D eigenvalue weighted by Gasteiger charge is -2.22. The number of hydrogen-bond acceptors (Lipinski definition) is 6. The topological polar surface area (TPSA) is 135 Å². The number of benzene rings is 2. The van der Waals surface area contributed by atoms with E-state index in [9.17, 15) is 14.4 Å². The molecule has 0 unspecified atom stereocenters. The Balaban J connectivity index is 1.34. The van der Waals surface area contributed by atoms with Crippen molar-refractivity contribution in [2.45, 2.75) is 38.9 Å². The van der Waals surface area contributed by atoms with Gasteiger partial charge in [0.1, 0.15) is 24.9 Å². The lowest BCUT2D eigenvalue weighted by atomic mass is 9.98. The van der Waals surface area contributed by atoms with E-state index < -0.39 is 24.0 Å². The molecule has 0 aliphatic heterocycles. The van der Waals surface area contributed by atoms with Gasteiger partial charge >= 0.3 is 12.1 Å². The minimum Gasteiger partial charge on any atom is -0.480 e. The second-order valence-electron chi connectivity index (χ2n) is 8.71. The van der Waals surface area contributed by atoms with E-state index in [0.717, 1.165) is 22.3 Å². The molecule has 3 N–H and O–H groups in total. The molecule has 10 nitrogen and oxygen atoms in total. The first-order valence-electron chi connectivity index (χ1n) is 11.3. The van der Waals surface area contributed by atoms with Crippen molar-refractivity contribution in [2.24, 2.45) is 5.92 Å². The molecule has 182 valence electrons. The number of aliphatic carboxylic acids is 1. The monoisotopic (exact) mass is 477 g/mol. The van der Waals surface area contributed by atoms with Gasteiger partial charge in [0.05, 0.1) is 12.7 Å². The van der Waals surface area contributed by atoms with Crippen LogP contribution in [0.2, 0.25) is 0 Å². The number of alkyl carbamates (subject to hydrolysis) is 1. The smallest absolute Gasteiger partial charge is 0.407 e. The van der Waals surface area contributed by atoms with Crippen LogP contribution in [0.15, 0.2) is 54.7 Å². The lowest BCUT2D eigenvalue weighted by Crippen LogP contribution is -2.49. The van der Waals surface area contributed by atoms with E-state index in [4.69, 9.17) is 9.84 Å². The Morgan fingerprint density at radius 2 is 1.69 bits per heavy atom. The molecule has 0 saturated heterocycles. The number of carbonyl (C=O) groups excluding carboxylic acids is 2. The largest absolute Gasteiger partial charge is 0.480 e. The zero-order valence-electron chi connectivity index (χ0n) is 19.5. The van der Waals surface area contributed by atoms with Crippen molar-refractivity contribution >= 4 is 18.0 Å². The quantitative estimate of drug-likeness (QED) is 0.431. The summed E-state index contributed by atoms with van der Waals surface area (Å²) in [4.78, 5) is 36.1. The first-order valence-corrected chi connectivity index (χ1v) is 11.3. The van der Waals surface area contributed by atoms with E-state index in [2.05, 4.69) is 33.1 Å². The van der Waals surface area contributed by atoms with Crippen LogP contribution in [0.25, 0.3) is 11.1 Å². The number of hydrogen-bond donors (Lipinski definition) is 3. The fourth-order valence-corrected chi connectivity index (χ4v) is 4.23. The molecule has 1 aromatic heterocycles. The summed E-state index contributed by atoms with van der Waals surface area (Å²) >= 11 is 0. The van der Waals surface area contributed by atoms with Gasteiger partial charge in [-0.2, -0.15) is 0 Å². The van der Waals surface area contributed by atoms with Crippen LogP contribution in [0, 0.1) is 5.92 Å². The van der Waals surface area contributed by atoms with Crippen molar-refractivity contribution < 1.29 is 24.2 Å². The fourth-order valence-electron chi connectivity index (χ4n) is 4.23. The lowest BCUT2D eigenvalue weighted by molar-refractivity contribution is -0.138. The third kappa shape index (κ3) is 5.48. The second-order valence-corrected chi connectivity index (χ2v) is 8.71. The summed E-state index contributed by atoms with van der Waals surface area (Å²) in [5, 5.41) is 21.7. The standard InChI is InChI=1S/C25H27N5O5/c1-15(2)23(24(33)26-11-16-12-30(29-28-16)13-22(31)32)27-25(34)35-14-21-19-9-5-3-7-17(19)18-8-4-6-10-20(18)21/h3-10,12,15,21,23H,11,13-14H2,1-2H3,(H,26,33)(H,27,34)(H,31,32)/t23-/m1/s1. The van der Waals surface area contributed by atoms with Crippen LogP contribution in [-0.4, -0.2) is 50.7 Å². The third-order valence-corrected chi connectivity index (χ3v) is 5.89. The maximum Gasteiger partial charge on any atom is 0.407 e. The maximum atomic E-state index is 12.7. The Morgan fingerprint density at radius 1 is 1.06 bits per heavy atom. The normalized spacial score (nSPS) is 13.1. The van der Waals surface area contributed by atoms with Gasteiger partial charge in [0.15, 0.2) is 0 Å². The Morgan fingerprint density at radius 3 is 2.29 bits per heavy atom. The SMILES string of the molecule is CC(C)[C@@H](NC(=O)OCC1c2ccccc2-c2ccccc21)C(=O)NCc1cn(CC(=O)O)nn1. The van der Waals surface area contributed by atoms with Crippen LogP contribution in [0.4, 0.5) is 4.79 Å². The van der Waals surface area contributed by atoms with Gasteiger partial charge < -0.3 is 20.5 Å². The van der Waals surface area contributed by atoms with Gasteiger partial charge in [0.25, 0.3) is 0 Å². The van der Waals surface area contributed by atoms with E-state index in [0.29, 0.717) is 5.69 Å². The highest BCUT2D eigenvalue weighted by atomic mass is 16.5. The van der Waals surface area contributed by atoms with Gasteiger partial charge in [-0.3, -0.25) is 9.59 Å². The van der Waals surface area contributed by atoms with Gasteiger partial charge in [-0.15, -0.1) is 5.10 Å². The maximum absolute atomic E-state index is 12.7. The molecule has 0 spiro atoms. The predicted octanol–water partition coefficient (Wildman–Crippen LogP) is 2.54. The number of ether oxygens (including phenoxy) is 1. The van der Waals surface area contributed by atoms with Crippen molar-refractivity contribution in [3.05, 3.63) is 71.5 Å². The van der Waals surface area contributed by atoms with Crippen LogP contribution in [0.3, 0.4) is 0 Å². The Labute approximate surface area is 202 Å². The van der Waals surface area contributed by atoms with Crippen LogP contribution >= 0.6 is 0 Å². The van der Waals surface area contributed by atoms with E-state index >= 15 is 0 Å². The number of rotatable bonds is 9. The number of nitrogens with one attached hydrogen (secondary N) is 2. The predicted molar refractivity (Wildman–Crippen MR) is 126 cm³/mol. The molecule has 3 aromatic rings. The summed E-state index contributed by atoms with van der Waals surface area (Å²) < 4.78 is 6.73. The number of carboxylic acid groups (broad SMARTS) is 1. The zero-order valence-corrected chi connectivity index (χ0v) is 19.5. The average molecular weight is 478 g/mol. The minimum atomic E-state index is -1.04. The van der Waals surface area contributed by atoms with Crippen molar-refractivity contribution in [1.82, 2.24) is 25.6 Å². The zero-order chi connectivity index (χ0) is 24.9. The molecule has 0 saturated carbocycles. The summed E-state index contributed by atoms with van der Waals surface area (Å²) in [5.41, 5.74) is 4.89. The van der Waals surface area contributed by atoms with E-state index in [-0.39, 0.29) is 31.5 Å². The average Bonchev–Trinajstić information content (AvgIpc) is 3.41. The molecule has 2 amide bonds.